The topological polar surface area (TPSA) is 56.4 Å². The predicted octanol–water partition coefficient (Wildman–Crippen LogP) is 0.991. The summed E-state index contributed by atoms with van der Waals surface area (Å²) in [7, 11) is 0. The van der Waals surface area contributed by atoms with Crippen molar-refractivity contribution < 1.29 is 56.2 Å². The summed E-state index contributed by atoms with van der Waals surface area (Å²) in [6.45, 7) is 8.13. The first-order valence-corrected chi connectivity index (χ1v) is 11.4. The number of nitrogens with zero attached hydrogens (tertiary/aromatic N) is 2. The summed E-state index contributed by atoms with van der Waals surface area (Å²) in [4.78, 5) is 10.2. The minimum atomic E-state index is 0. The maximum absolute atomic E-state index is 10.2. The molecule has 1 atom stereocenters. The van der Waals surface area contributed by atoms with E-state index in [-0.39, 0.29) is 43.5 Å². The summed E-state index contributed by atoms with van der Waals surface area (Å²) in [5.74, 6) is 0.903. The molecular weight excluding hydrogens is 577 g/mol. The van der Waals surface area contributed by atoms with Crippen molar-refractivity contribution in [2.45, 2.75) is 65.1 Å². The van der Waals surface area contributed by atoms with Crippen molar-refractivity contribution >= 4 is 12.5 Å². The van der Waals surface area contributed by atoms with Crippen LogP contribution in [0.2, 0.25) is 0 Å². The average Bonchev–Trinajstić information content (AvgIpc) is 3.22. The van der Waals surface area contributed by atoms with Crippen LogP contribution >= 0.6 is 0 Å². The first-order chi connectivity index (χ1) is 15.2. The van der Waals surface area contributed by atoms with Gasteiger partial charge in [-0.25, -0.2) is 9.13 Å². The maximum Gasteiger partial charge on any atom is 0.243 e. The van der Waals surface area contributed by atoms with Crippen LogP contribution in [-0.4, -0.2) is 36.8 Å². The average molecular weight is 615 g/mol. The molecule has 0 saturated heterocycles. The summed E-state index contributed by atoms with van der Waals surface area (Å²) >= 11 is 0. The Balaban J connectivity index is 0.00000512. The number of allylic oxidation sites excluding steroid dienone is 1. The summed E-state index contributed by atoms with van der Waals surface area (Å²) in [5, 5.41) is 2.69. The number of imidazole rings is 1. The Kier molecular flexibility index (Phi) is 19.1. The first-order valence-electron chi connectivity index (χ1n) is 11.4. The fourth-order valence-electron chi connectivity index (χ4n) is 3.38. The van der Waals surface area contributed by atoms with Crippen LogP contribution in [0.1, 0.15) is 51.5 Å². The molecule has 0 aliphatic carbocycles. The number of nitrogens with one attached hydrogen (secondary N) is 1. The molecule has 188 valence electrons. The van der Waals surface area contributed by atoms with Gasteiger partial charge in [0.15, 0.2) is 0 Å². The minimum Gasteiger partial charge on any atom is -1.00 e. The smallest absolute Gasteiger partial charge is 0.243 e. The Morgan fingerprint density at radius 1 is 1.15 bits per heavy atom. The van der Waals surface area contributed by atoms with Crippen LogP contribution in [0.15, 0.2) is 49.1 Å². The van der Waals surface area contributed by atoms with E-state index in [2.05, 4.69) is 52.2 Å². The van der Waals surface area contributed by atoms with Crippen LogP contribution in [0.5, 0.6) is 5.75 Å². The van der Waals surface area contributed by atoms with Crippen LogP contribution in [-0.2, 0) is 43.0 Å². The SMILES string of the molecule is C/C=C/c1ccccc1OC(C)COCCCCCCn1cc[n+](CCCNC=O)c1.[Br-].[Pd]. The van der Waals surface area contributed by atoms with Gasteiger partial charge in [0.05, 0.1) is 19.7 Å². The zero-order chi connectivity index (χ0) is 22.2. The van der Waals surface area contributed by atoms with Gasteiger partial charge in [-0.2, -0.15) is 0 Å². The molecule has 2 rings (SSSR count). The van der Waals surface area contributed by atoms with Gasteiger partial charge in [0.25, 0.3) is 0 Å². The van der Waals surface area contributed by atoms with E-state index >= 15 is 0 Å². The number of aryl methyl sites for hydroxylation is 2. The van der Waals surface area contributed by atoms with Crippen molar-refractivity contribution in [1.29, 1.82) is 0 Å². The van der Waals surface area contributed by atoms with E-state index in [1.54, 1.807) is 0 Å². The number of para-hydroxylation sites is 1. The van der Waals surface area contributed by atoms with E-state index in [9.17, 15) is 4.79 Å². The van der Waals surface area contributed by atoms with Gasteiger partial charge in [-0.1, -0.05) is 36.8 Å². The summed E-state index contributed by atoms with van der Waals surface area (Å²) in [5.41, 5.74) is 1.10. The number of amides is 1. The molecule has 1 amide bonds. The molecule has 2 aromatic rings. The van der Waals surface area contributed by atoms with Crippen molar-refractivity contribution in [2.75, 3.05) is 19.8 Å². The molecule has 0 saturated carbocycles. The van der Waals surface area contributed by atoms with Gasteiger partial charge < -0.3 is 31.8 Å². The third-order valence-corrected chi connectivity index (χ3v) is 4.97. The molecule has 0 aliphatic rings. The molecule has 33 heavy (non-hydrogen) atoms. The fourth-order valence-corrected chi connectivity index (χ4v) is 3.38. The molecule has 1 unspecified atom stereocenters. The van der Waals surface area contributed by atoms with Crippen molar-refractivity contribution in [3.05, 3.63) is 54.6 Å². The van der Waals surface area contributed by atoms with Crippen LogP contribution < -0.4 is 31.6 Å². The van der Waals surface area contributed by atoms with Crippen LogP contribution in [0.3, 0.4) is 0 Å². The molecule has 1 aromatic heterocycles. The first kappa shape index (κ1) is 31.5. The number of hydrogen-bond donors (Lipinski definition) is 1. The number of carbonyl (C=O) groups excluding carboxylic acids is 1. The Hall–Kier alpha value is -1.46. The number of halogens is 1. The van der Waals surface area contributed by atoms with Crippen molar-refractivity contribution in [3.63, 3.8) is 0 Å². The molecule has 0 spiro atoms. The van der Waals surface area contributed by atoms with Crippen molar-refractivity contribution in [1.82, 2.24) is 9.88 Å². The monoisotopic (exact) mass is 613 g/mol. The third-order valence-electron chi connectivity index (χ3n) is 4.97. The molecular formula is C25H38BrN3O3Pd. The number of unbranched alkanes of at least 4 members (excludes halogenated alkanes) is 3. The standard InChI is InChI=1S/C25H37N3O3.BrH.Pd/c1-3-11-24-12-6-7-13-25(24)31-23(2)20-30-19-9-5-4-8-15-27-17-18-28(22-27)16-10-14-26-21-29;;/h3,6-7,11-13,17-18,21-23H,4-5,8-10,14-16,19-20H2,1-2H3;1H;/b11-3+;;. The Morgan fingerprint density at radius 3 is 2.73 bits per heavy atom. The maximum atomic E-state index is 10.2. The summed E-state index contributed by atoms with van der Waals surface area (Å²) in [6.07, 6.45) is 16.8. The number of aromatic nitrogens is 2. The quantitative estimate of drug-likeness (QED) is 0.125. The molecule has 1 N–H and O–H groups in total. The van der Waals surface area contributed by atoms with Gasteiger partial charge in [-0.15, -0.1) is 0 Å². The van der Waals surface area contributed by atoms with E-state index in [1.165, 1.54) is 19.3 Å². The molecule has 0 fully saturated rings. The second kappa shape index (κ2) is 20.0. The van der Waals surface area contributed by atoms with E-state index in [4.69, 9.17) is 9.47 Å². The van der Waals surface area contributed by atoms with Crippen LogP contribution in [0.4, 0.5) is 0 Å². The van der Waals surface area contributed by atoms with Crippen molar-refractivity contribution in [2.24, 2.45) is 0 Å². The van der Waals surface area contributed by atoms with Gasteiger partial charge in [0, 0.05) is 45.6 Å². The molecule has 0 bridgehead atoms. The summed E-state index contributed by atoms with van der Waals surface area (Å²) < 4.78 is 16.2. The second-order valence-corrected chi connectivity index (χ2v) is 7.77. The van der Waals surface area contributed by atoms with Gasteiger partial charge in [-0.05, 0) is 39.2 Å². The number of ether oxygens (including phenoxy) is 2. The Labute approximate surface area is 223 Å². The normalized spacial score (nSPS) is 11.5. The van der Waals surface area contributed by atoms with Gasteiger partial charge in [0.1, 0.15) is 24.2 Å². The van der Waals surface area contributed by atoms with Gasteiger partial charge >= 0.3 is 0 Å². The molecule has 0 radical (unpaired) electrons. The van der Waals surface area contributed by atoms with E-state index in [0.717, 1.165) is 56.8 Å². The minimum absolute atomic E-state index is 0. The zero-order valence-electron chi connectivity index (χ0n) is 19.7. The van der Waals surface area contributed by atoms with E-state index < -0.39 is 0 Å². The van der Waals surface area contributed by atoms with Crippen molar-refractivity contribution in [3.8, 4) is 5.75 Å². The Morgan fingerprint density at radius 2 is 1.94 bits per heavy atom. The number of hydrogen-bond acceptors (Lipinski definition) is 3. The van der Waals surface area contributed by atoms with Crippen LogP contribution in [0.25, 0.3) is 6.08 Å². The Bertz CT molecular complexity index is 786. The number of benzene rings is 1. The molecule has 0 aliphatic heterocycles. The largest absolute Gasteiger partial charge is 1.00 e. The molecule has 8 heteroatoms. The van der Waals surface area contributed by atoms with E-state index in [0.29, 0.717) is 6.61 Å². The zero-order valence-corrected chi connectivity index (χ0v) is 22.9. The molecule has 1 heterocycles. The molecule has 1 aromatic carbocycles. The summed E-state index contributed by atoms with van der Waals surface area (Å²) in [6, 6.07) is 8.08. The third kappa shape index (κ3) is 13.7. The number of rotatable bonds is 17. The van der Waals surface area contributed by atoms with E-state index in [1.807, 2.05) is 31.2 Å². The van der Waals surface area contributed by atoms with Crippen LogP contribution in [0, 0.1) is 0 Å². The second-order valence-electron chi connectivity index (χ2n) is 7.77. The van der Waals surface area contributed by atoms with Gasteiger partial charge in [0.2, 0.25) is 12.7 Å². The molecule has 6 nitrogen and oxygen atoms in total. The fraction of sp³-hybridized carbons (Fsp3) is 0.520. The predicted molar refractivity (Wildman–Crippen MR) is 124 cm³/mol. The van der Waals surface area contributed by atoms with Gasteiger partial charge in [-0.3, -0.25) is 4.79 Å². The number of carbonyl (C=O) groups is 1.